The number of ether oxygens (including phenoxy) is 4. The summed E-state index contributed by atoms with van der Waals surface area (Å²) in [5, 5.41) is 7.44. The standard InChI is InChI=1S/C37H38N4O8/c1-37(2,3)49-36(45)39-31(23-26-13-7-4-8-14-26)32(42)48-30-21-19-29(20-22-30)38-33(40-34(43)46-24-27-15-9-5-10-16-27)41-35(44)47-25-28-17-11-6-12-18-28/h4-22,31H,23-25H2,1-3H3,(H,39,45)(H2,38,40,41,43,44)/t31-/m1/s1. The molecule has 0 heterocycles. The van der Waals surface area contributed by atoms with Gasteiger partial charge in [0.15, 0.2) is 0 Å². The molecule has 0 fully saturated rings. The van der Waals surface area contributed by atoms with Gasteiger partial charge in [0.25, 0.3) is 0 Å². The summed E-state index contributed by atoms with van der Waals surface area (Å²) in [6.45, 7) is 5.15. The number of nitrogens with zero attached hydrogens (tertiary/aromatic N) is 1. The summed E-state index contributed by atoms with van der Waals surface area (Å²) in [6.07, 6.45) is -2.31. The lowest BCUT2D eigenvalue weighted by Crippen LogP contribution is -2.46. The molecule has 4 rings (SSSR count). The second kappa shape index (κ2) is 17.7. The SMILES string of the molecule is CC(C)(C)OC(=O)N[C@H](Cc1ccccc1)C(=O)Oc1ccc(N=C(NC(=O)OCc2ccccc2)NC(=O)OCc2ccccc2)cc1. The molecule has 0 unspecified atom stereocenters. The average molecular weight is 667 g/mol. The van der Waals surface area contributed by atoms with Crippen molar-refractivity contribution in [2.45, 2.75) is 52.0 Å². The van der Waals surface area contributed by atoms with Gasteiger partial charge in [0, 0.05) is 6.42 Å². The zero-order chi connectivity index (χ0) is 35.1. The van der Waals surface area contributed by atoms with Crippen LogP contribution < -0.4 is 20.7 Å². The van der Waals surface area contributed by atoms with Crippen LogP contribution in [-0.4, -0.2) is 41.9 Å². The van der Waals surface area contributed by atoms with Crippen LogP contribution >= 0.6 is 0 Å². The van der Waals surface area contributed by atoms with Crippen molar-refractivity contribution < 1.29 is 38.1 Å². The van der Waals surface area contributed by atoms with Crippen LogP contribution in [0.5, 0.6) is 5.75 Å². The molecule has 4 aromatic carbocycles. The molecule has 4 aromatic rings. The highest BCUT2D eigenvalue weighted by Crippen LogP contribution is 2.19. The Bertz CT molecular complexity index is 1650. The van der Waals surface area contributed by atoms with Crippen molar-refractivity contribution in [3.05, 3.63) is 132 Å². The van der Waals surface area contributed by atoms with Gasteiger partial charge in [-0.3, -0.25) is 10.6 Å². The smallest absolute Gasteiger partial charge is 0.414 e. The van der Waals surface area contributed by atoms with Crippen LogP contribution in [0.1, 0.15) is 37.5 Å². The quantitative estimate of drug-likeness (QED) is 0.0565. The topological polar surface area (TPSA) is 154 Å². The first-order valence-electron chi connectivity index (χ1n) is 15.4. The van der Waals surface area contributed by atoms with Crippen molar-refractivity contribution in [1.82, 2.24) is 16.0 Å². The van der Waals surface area contributed by atoms with Crippen LogP contribution in [0.25, 0.3) is 0 Å². The molecular formula is C37H38N4O8. The summed E-state index contributed by atoms with van der Waals surface area (Å²) >= 11 is 0. The monoisotopic (exact) mass is 666 g/mol. The third kappa shape index (κ3) is 13.2. The number of alkyl carbamates (subject to hydrolysis) is 3. The number of carbonyl (C=O) groups is 4. The molecule has 0 spiro atoms. The Hall–Kier alpha value is -6.17. The van der Waals surface area contributed by atoms with Crippen LogP contribution in [0.15, 0.2) is 120 Å². The lowest BCUT2D eigenvalue weighted by molar-refractivity contribution is -0.136. The second-order valence-electron chi connectivity index (χ2n) is 11.6. The number of aliphatic imine (C=N–C) groups is 1. The normalized spacial score (nSPS) is 11.2. The third-order valence-electron chi connectivity index (χ3n) is 6.42. The molecule has 0 aliphatic heterocycles. The number of rotatable bonds is 10. The molecule has 3 N–H and O–H groups in total. The van der Waals surface area contributed by atoms with E-state index in [4.69, 9.17) is 18.9 Å². The molecule has 12 nitrogen and oxygen atoms in total. The maximum absolute atomic E-state index is 13.2. The molecular weight excluding hydrogens is 628 g/mol. The van der Waals surface area contributed by atoms with E-state index in [1.165, 1.54) is 24.3 Å². The van der Waals surface area contributed by atoms with Gasteiger partial charge in [0.2, 0.25) is 5.96 Å². The first-order valence-corrected chi connectivity index (χ1v) is 15.4. The number of hydrogen-bond acceptors (Lipinski definition) is 9. The van der Waals surface area contributed by atoms with E-state index in [2.05, 4.69) is 20.9 Å². The minimum absolute atomic E-state index is 0.00742. The number of hydrogen-bond donors (Lipinski definition) is 3. The van der Waals surface area contributed by atoms with Gasteiger partial charge >= 0.3 is 24.2 Å². The first-order chi connectivity index (χ1) is 23.5. The van der Waals surface area contributed by atoms with Crippen LogP contribution in [0.4, 0.5) is 20.1 Å². The van der Waals surface area contributed by atoms with Gasteiger partial charge in [-0.2, -0.15) is 0 Å². The van der Waals surface area contributed by atoms with Crippen LogP contribution in [0, 0.1) is 0 Å². The van der Waals surface area contributed by atoms with Crippen LogP contribution in [0.2, 0.25) is 0 Å². The summed E-state index contributed by atoms with van der Waals surface area (Å²) in [5.41, 5.74) is 1.87. The Labute approximate surface area is 284 Å². The van der Waals surface area contributed by atoms with Crippen molar-refractivity contribution in [2.75, 3.05) is 0 Å². The van der Waals surface area contributed by atoms with Gasteiger partial charge in [-0.05, 0) is 61.7 Å². The maximum atomic E-state index is 13.2. The Morgan fingerprint density at radius 2 is 1.10 bits per heavy atom. The van der Waals surface area contributed by atoms with Crippen molar-refractivity contribution in [3.63, 3.8) is 0 Å². The fourth-order valence-electron chi connectivity index (χ4n) is 4.20. The number of carbonyl (C=O) groups excluding carboxylic acids is 4. The fraction of sp³-hybridized carbons (Fsp3) is 0.216. The zero-order valence-corrected chi connectivity index (χ0v) is 27.4. The Morgan fingerprint density at radius 3 is 1.57 bits per heavy atom. The number of esters is 1. The summed E-state index contributed by atoms with van der Waals surface area (Å²) in [7, 11) is 0. The molecule has 0 bridgehead atoms. The molecule has 0 aromatic heterocycles. The fourth-order valence-corrected chi connectivity index (χ4v) is 4.20. The summed E-state index contributed by atoms with van der Waals surface area (Å²) in [4.78, 5) is 55.2. The molecule has 254 valence electrons. The highest BCUT2D eigenvalue weighted by Gasteiger charge is 2.26. The average Bonchev–Trinajstić information content (AvgIpc) is 3.07. The molecule has 0 aliphatic carbocycles. The first kappa shape index (κ1) is 35.7. The van der Waals surface area contributed by atoms with Crippen molar-refractivity contribution in [1.29, 1.82) is 0 Å². The molecule has 1 atom stereocenters. The maximum Gasteiger partial charge on any atom is 0.414 e. The molecule has 0 radical (unpaired) electrons. The van der Waals surface area contributed by atoms with Crippen molar-refractivity contribution in [3.8, 4) is 5.75 Å². The van der Waals surface area contributed by atoms with E-state index in [1.54, 1.807) is 45.0 Å². The molecule has 49 heavy (non-hydrogen) atoms. The minimum atomic E-state index is -1.04. The van der Waals surface area contributed by atoms with E-state index < -0.39 is 35.9 Å². The van der Waals surface area contributed by atoms with Gasteiger partial charge in [-0.1, -0.05) is 91.0 Å². The van der Waals surface area contributed by atoms with Gasteiger partial charge < -0.3 is 24.3 Å². The lowest BCUT2D eigenvalue weighted by atomic mass is 10.1. The predicted octanol–water partition coefficient (Wildman–Crippen LogP) is 6.57. The van der Waals surface area contributed by atoms with Gasteiger partial charge in [-0.15, -0.1) is 0 Å². The number of nitrogens with one attached hydrogen (secondary N) is 3. The molecule has 0 saturated heterocycles. The van der Waals surface area contributed by atoms with E-state index in [1.807, 2.05) is 66.7 Å². The van der Waals surface area contributed by atoms with Crippen LogP contribution in [0.3, 0.4) is 0 Å². The number of amides is 3. The Morgan fingerprint density at radius 1 is 0.633 bits per heavy atom. The number of benzene rings is 4. The van der Waals surface area contributed by atoms with E-state index in [0.29, 0.717) is 0 Å². The number of guanidine groups is 1. The van der Waals surface area contributed by atoms with Gasteiger partial charge in [-0.25, -0.2) is 24.2 Å². The highest BCUT2D eigenvalue weighted by molar-refractivity contribution is 6.02. The summed E-state index contributed by atoms with van der Waals surface area (Å²) in [6, 6.07) is 32.2. The van der Waals surface area contributed by atoms with Crippen LogP contribution in [-0.2, 0) is 38.6 Å². The largest absolute Gasteiger partial charge is 0.444 e. The molecule has 12 heteroatoms. The van der Waals surface area contributed by atoms with Crippen molar-refractivity contribution in [2.24, 2.45) is 4.99 Å². The molecule has 3 amide bonds. The van der Waals surface area contributed by atoms with Crippen molar-refractivity contribution >= 4 is 35.9 Å². The van der Waals surface area contributed by atoms with E-state index >= 15 is 0 Å². The molecule has 0 aliphatic rings. The Balaban J connectivity index is 1.44. The minimum Gasteiger partial charge on any atom is -0.444 e. The lowest BCUT2D eigenvalue weighted by Gasteiger charge is -2.23. The Kier molecular flexibility index (Phi) is 12.9. The summed E-state index contributed by atoms with van der Waals surface area (Å²) in [5.74, 6) is -0.803. The summed E-state index contributed by atoms with van der Waals surface area (Å²) < 4.78 is 21.5. The third-order valence-corrected chi connectivity index (χ3v) is 6.42. The van der Waals surface area contributed by atoms with Gasteiger partial charge in [0.05, 0.1) is 5.69 Å². The second-order valence-corrected chi connectivity index (χ2v) is 11.6. The van der Waals surface area contributed by atoms with E-state index in [-0.39, 0.29) is 37.0 Å². The zero-order valence-electron chi connectivity index (χ0n) is 27.4. The van der Waals surface area contributed by atoms with E-state index in [9.17, 15) is 19.2 Å². The highest BCUT2D eigenvalue weighted by atomic mass is 16.6. The van der Waals surface area contributed by atoms with Gasteiger partial charge in [0.1, 0.15) is 30.6 Å². The van der Waals surface area contributed by atoms with E-state index in [0.717, 1.165) is 16.7 Å². The predicted molar refractivity (Wildman–Crippen MR) is 182 cm³/mol. The molecule has 0 saturated carbocycles.